The van der Waals surface area contributed by atoms with Gasteiger partial charge in [0.05, 0.1) is 17.5 Å². The highest BCUT2D eigenvalue weighted by Crippen LogP contribution is 2.27. The number of aromatic nitrogens is 1. The number of aryl methyl sites for hydroxylation is 2. The van der Waals surface area contributed by atoms with Crippen LogP contribution in [0.1, 0.15) is 17.9 Å². The third kappa shape index (κ3) is 6.13. The highest BCUT2D eigenvalue weighted by molar-refractivity contribution is 6.32. The SMILES string of the molecule is Cc1ccc(-c2cnc(CCC(=O)OCC(=O)Nc3ccc(Cl)c([N+](=O)[O-])c3)o2)cc1. The van der Waals surface area contributed by atoms with Gasteiger partial charge in [-0.05, 0) is 19.1 Å². The van der Waals surface area contributed by atoms with E-state index in [0.29, 0.717) is 11.7 Å². The molecule has 31 heavy (non-hydrogen) atoms. The van der Waals surface area contributed by atoms with Crippen molar-refractivity contribution in [1.82, 2.24) is 4.98 Å². The van der Waals surface area contributed by atoms with E-state index < -0.39 is 23.4 Å². The fourth-order valence-electron chi connectivity index (χ4n) is 2.63. The van der Waals surface area contributed by atoms with Crippen molar-refractivity contribution in [3.05, 3.63) is 75.3 Å². The number of anilines is 1. The van der Waals surface area contributed by atoms with Gasteiger partial charge >= 0.3 is 5.97 Å². The molecule has 3 aromatic rings. The zero-order valence-electron chi connectivity index (χ0n) is 16.5. The number of hydrogen-bond donors (Lipinski definition) is 1. The van der Waals surface area contributed by atoms with Gasteiger partial charge in [-0.2, -0.15) is 0 Å². The number of nitrogens with one attached hydrogen (secondary N) is 1. The van der Waals surface area contributed by atoms with Crippen LogP contribution in [-0.2, 0) is 20.7 Å². The number of amides is 1. The maximum absolute atomic E-state index is 11.9. The number of carbonyl (C=O) groups excluding carboxylic acids is 2. The van der Waals surface area contributed by atoms with Gasteiger partial charge in [-0.25, -0.2) is 4.98 Å². The summed E-state index contributed by atoms with van der Waals surface area (Å²) in [5.74, 6) is -0.264. The summed E-state index contributed by atoms with van der Waals surface area (Å²) in [5, 5.41) is 13.2. The number of ether oxygens (including phenoxy) is 1. The minimum absolute atomic E-state index is 0.0203. The lowest BCUT2D eigenvalue weighted by molar-refractivity contribution is -0.384. The van der Waals surface area contributed by atoms with Gasteiger partial charge in [0.1, 0.15) is 5.02 Å². The van der Waals surface area contributed by atoms with Crippen molar-refractivity contribution in [2.45, 2.75) is 19.8 Å². The summed E-state index contributed by atoms with van der Waals surface area (Å²) in [6.07, 6.45) is 1.79. The Kier molecular flexibility index (Phi) is 6.99. The highest BCUT2D eigenvalue weighted by atomic mass is 35.5. The molecular weight excluding hydrogens is 426 g/mol. The molecule has 1 N–H and O–H groups in total. The normalized spacial score (nSPS) is 10.5. The Morgan fingerprint density at radius 3 is 2.68 bits per heavy atom. The van der Waals surface area contributed by atoms with Crippen LogP contribution in [-0.4, -0.2) is 28.4 Å². The van der Waals surface area contributed by atoms with E-state index >= 15 is 0 Å². The van der Waals surface area contributed by atoms with Gasteiger partial charge in [-0.15, -0.1) is 0 Å². The Balaban J connectivity index is 1.45. The summed E-state index contributed by atoms with van der Waals surface area (Å²) in [6, 6.07) is 11.6. The van der Waals surface area contributed by atoms with Crippen molar-refractivity contribution in [2.24, 2.45) is 0 Å². The van der Waals surface area contributed by atoms with E-state index in [1.807, 2.05) is 31.2 Å². The first-order valence-corrected chi connectivity index (χ1v) is 9.61. The number of hydrogen-bond acceptors (Lipinski definition) is 7. The fraction of sp³-hybridized carbons (Fsp3) is 0.190. The van der Waals surface area contributed by atoms with Crippen molar-refractivity contribution < 1.29 is 23.7 Å². The smallest absolute Gasteiger partial charge is 0.306 e. The van der Waals surface area contributed by atoms with Gasteiger partial charge < -0.3 is 14.5 Å². The third-order valence-corrected chi connectivity index (χ3v) is 4.54. The van der Waals surface area contributed by atoms with Crippen LogP contribution in [0.5, 0.6) is 0 Å². The van der Waals surface area contributed by atoms with Gasteiger partial charge in [-0.3, -0.25) is 19.7 Å². The second-order valence-electron chi connectivity index (χ2n) is 6.62. The molecule has 0 unspecified atom stereocenters. The first kappa shape index (κ1) is 22.0. The number of nitro benzene ring substituents is 1. The number of halogens is 1. The average molecular weight is 444 g/mol. The second-order valence-corrected chi connectivity index (χ2v) is 7.02. The largest absolute Gasteiger partial charge is 0.456 e. The summed E-state index contributed by atoms with van der Waals surface area (Å²) in [5.41, 5.74) is 1.84. The maximum atomic E-state index is 11.9. The molecule has 0 aliphatic heterocycles. The van der Waals surface area contributed by atoms with Crippen LogP contribution in [0.2, 0.25) is 5.02 Å². The number of nitrogens with zero attached hydrogens (tertiary/aromatic N) is 2. The lowest BCUT2D eigenvalue weighted by Crippen LogP contribution is -2.21. The Hall–Kier alpha value is -3.72. The predicted molar refractivity (Wildman–Crippen MR) is 113 cm³/mol. The quantitative estimate of drug-likeness (QED) is 0.312. The molecular formula is C21H18ClN3O6. The Morgan fingerprint density at radius 1 is 1.23 bits per heavy atom. The molecule has 1 heterocycles. The number of nitro groups is 1. The summed E-state index contributed by atoms with van der Waals surface area (Å²) in [4.78, 5) is 38.2. The summed E-state index contributed by atoms with van der Waals surface area (Å²) >= 11 is 5.72. The number of benzene rings is 2. The molecule has 10 heteroatoms. The van der Waals surface area contributed by atoms with Gasteiger partial charge in [0.2, 0.25) is 0 Å². The van der Waals surface area contributed by atoms with Crippen LogP contribution < -0.4 is 5.32 Å². The van der Waals surface area contributed by atoms with E-state index in [0.717, 1.165) is 17.2 Å². The predicted octanol–water partition coefficient (Wildman–Crippen LogP) is 4.33. The Bertz CT molecular complexity index is 1110. The molecule has 3 rings (SSSR count). The Labute approximate surface area is 182 Å². The molecule has 0 spiro atoms. The number of carbonyl (C=O) groups is 2. The molecule has 1 amide bonds. The molecule has 160 valence electrons. The number of esters is 1. The summed E-state index contributed by atoms with van der Waals surface area (Å²) in [7, 11) is 0. The van der Waals surface area contributed by atoms with E-state index in [1.165, 1.54) is 12.1 Å². The molecule has 0 saturated heterocycles. The van der Waals surface area contributed by atoms with Gasteiger partial charge in [0, 0.05) is 23.7 Å². The first-order valence-electron chi connectivity index (χ1n) is 9.23. The lowest BCUT2D eigenvalue weighted by atomic mass is 10.1. The molecule has 9 nitrogen and oxygen atoms in total. The monoisotopic (exact) mass is 443 g/mol. The van der Waals surface area contributed by atoms with E-state index in [9.17, 15) is 19.7 Å². The van der Waals surface area contributed by atoms with Gasteiger partial charge in [0.15, 0.2) is 18.3 Å². The Morgan fingerprint density at radius 2 is 1.97 bits per heavy atom. The van der Waals surface area contributed by atoms with Crippen LogP contribution in [0.25, 0.3) is 11.3 Å². The van der Waals surface area contributed by atoms with E-state index in [1.54, 1.807) is 6.20 Å². The maximum Gasteiger partial charge on any atom is 0.306 e. The summed E-state index contributed by atoms with van der Waals surface area (Å²) < 4.78 is 10.6. The van der Waals surface area contributed by atoms with Crippen molar-refractivity contribution in [1.29, 1.82) is 0 Å². The molecule has 0 atom stereocenters. The van der Waals surface area contributed by atoms with Crippen molar-refractivity contribution >= 4 is 34.9 Å². The molecule has 0 aliphatic carbocycles. The van der Waals surface area contributed by atoms with Crippen LogP contribution in [0.15, 0.2) is 53.1 Å². The van der Waals surface area contributed by atoms with Crippen LogP contribution in [0, 0.1) is 17.0 Å². The van der Waals surface area contributed by atoms with E-state index in [-0.39, 0.29) is 29.2 Å². The van der Waals surface area contributed by atoms with Crippen molar-refractivity contribution in [3.8, 4) is 11.3 Å². The van der Waals surface area contributed by atoms with Gasteiger partial charge in [0.25, 0.3) is 11.6 Å². The molecule has 0 bridgehead atoms. The van der Waals surface area contributed by atoms with E-state index in [2.05, 4.69) is 10.3 Å². The zero-order chi connectivity index (χ0) is 22.4. The number of rotatable bonds is 8. The molecule has 0 saturated carbocycles. The lowest BCUT2D eigenvalue weighted by Gasteiger charge is -2.06. The topological polar surface area (TPSA) is 125 Å². The molecule has 0 aliphatic rings. The molecule has 1 aromatic heterocycles. The standard InChI is InChI=1S/C21H18ClN3O6/c1-13-2-4-14(5-3-13)18-11-23-20(31-18)8-9-21(27)30-12-19(26)24-15-6-7-16(22)17(10-15)25(28)29/h2-7,10-11H,8-9,12H2,1H3,(H,24,26). The van der Waals surface area contributed by atoms with Crippen LogP contribution in [0.4, 0.5) is 11.4 Å². The van der Waals surface area contributed by atoms with Gasteiger partial charge in [-0.1, -0.05) is 41.4 Å². The zero-order valence-corrected chi connectivity index (χ0v) is 17.2. The number of oxazole rings is 1. The summed E-state index contributed by atoms with van der Waals surface area (Å²) in [6.45, 7) is 1.45. The molecule has 0 radical (unpaired) electrons. The van der Waals surface area contributed by atoms with Crippen molar-refractivity contribution in [3.63, 3.8) is 0 Å². The first-order chi connectivity index (χ1) is 14.8. The minimum Gasteiger partial charge on any atom is -0.456 e. The minimum atomic E-state index is -0.662. The van der Waals surface area contributed by atoms with Crippen LogP contribution >= 0.6 is 11.6 Å². The average Bonchev–Trinajstić information content (AvgIpc) is 3.21. The van der Waals surface area contributed by atoms with Crippen molar-refractivity contribution in [2.75, 3.05) is 11.9 Å². The van der Waals surface area contributed by atoms with Crippen LogP contribution in [0.3, 0.4) is 0 Å². The highest BCUT2D eigenvalue weighted by Gasteiger charge is 2.15. The third-order valence-electron chi connectivity index (χ3n) is 4.22. The molecule has 2 aromatic carbocycles. The van der Waals surface area contributed by atoms with E-state index in [4.69, 9.17) is 20.8 Å². The molecule has 0 fully saturated rings. The second kappa shape index (κ2) is 9.86. The fourth-order valence-corrected chi connectivity index (χ4v) is 2.82.